The number of carbonyl (C=O) groups excluding carboxylic acids is 1. The van der Waals surface area contributed by atoms with Crippen molar-refractivity contribution in [3.63, 3.8) is 0 Å². The lowest BCUT2D eigenvalue weighted by molar-refractivity contribution is 0.102. The number of hydrogen-bond donors (Lipinski definition) is 2. The molecule has 0 radical (unpaired) electrons. The molecule has 0 bridgehead atoms. The van der Waals surface area contributed by atoms with E-state index in [1.54, 1.807) is 18.2 Å². The number of amides is 1. The summed E-state index contributed by atoms with van der Waals surface area (Å²) < 4.78 is 1.58. The molecular formula is C15H15Br2N3O. The molecular weight excluding hydrogens is 398 g/mol. The molecule has 0 unspecified atom stereocenters. The van der Waals surface area contributed by atoms with Gasteiger partial charge in [0.05, 0.1) is 11.4 Å². The Morgan fingerprint density at radius 2 is 1.76 bits per heavy atom. The normalized spacial score (nSPS) is 10.3. The van der Waals surface area contributed by atoms with E-state index in [-0.39, 0.29) is 5.91 Å². The number of benzene rings is 2. The number of nitrogens with zero attached hydrogens (tertiary/aromatic N) is 1. The third kappa shape index (κ3) is 3.77. The van der Waals surface area contributed by atoms with Gasteiger partial charge in [0, 0.05) is 34.3 Å². The molecule has 0 aliphatic carbocycles. The van der Waals surface area contributed by atoms with E-state index in [1.807, 2.05) is 37.2 Å². The molecule has 0 aliphatic heterocycles. The maximum Gasteiger partial charge on any atom is 0.255 e. The zero-order chi connectivity index (χ0) is 15.6. The molecule has 21 heavy (non-hydrogen) atoms. The Hall–Kier alpha value is -1.53. The van der Waals surface area contributed by atoms with Crippen LogP contribution >= 0.6 is 31.9 Å². The van der Waals surface area contributed by atoms with Gasteiger partial charge in [0.15, 0.2) is 0 Å². The maximum absolute atomic E-state index is 12.3. The van der Waals surface area contributed by atoms with Gasteiger partial charge in [0.1, 0.15) is 0 Å². The molecule has 2 aromatic carbocycles. The van der Waals surface area contributed by atoms with Gasteiger partial charge in [0.2, 0.25) is 0 Å². The monoisotopic (exact) mass is 411 g/mol. The van der Waals surface area contributed by atoms with E-state index >= 15 is 0 Å². The highest BCUT2D eigenvalue weighted by molar-refractivity contribution is 9.11. The van der Waals surface area contributed by atoms with Gasteiger partial charge in [0.25, 0.3) is 5.91 Å². The fourth-order valence-corrected chi connectivity index (χ4v) is 3.18. The lowest BCUT2D eigenvalue weighted by Crippen LogP contribution is -2.14. The van der Waals surface area contributed by atoms with Crippen molar-refractivity contribution in [3.05, 3.63) is 50.9 Å². The molecule has 2 aromatic rings. The van der Waals surface area contributed by atoms with Crippen LogP contribution in [0.4, 0.5) is 17.1 Å². The van der Waals surface area contributed by atoms with Crippen LogP contribution in [0, 0.1) is 0 Å². The second-order valence-corrected chi connectivity index (χ2v) is 6.52. The predicted molar refractivity (Wildman–Crippen MR) is 95.0 cm³/mol. The van der Waals surface area contributed by atoms with Gasteiger partial charge in [-0.25, -0.2) is 0 Å². The Bertz CT molecular complexity index is 646. The number of anilines is 3. The number of nitrogens with two attached hydrogens (primary N) is 1. The first-order valence-corrected chi connectivity index (χ1v) is 7.80. The van der Waals surface area contributed by atoms with Crippen LogP contribution in [0.2, 0.25) is 0 Å². The SMILES string of the molecule is CN(C)c1ccc(C(=O)Nc2c(N)cc(Br)cc2Br)cc1. The number of nitrogen functional groups attached to an aromatic ring is 1. The van der Waals surface area contributed by atoms with Gasteiger partial charge in [-0.1, -0.05) is 15.9 Å². The van der Waals surface area contributed by atoms with E-state index in [4.69, 9.17) is 5.73 Å². The number of hydrogen-bond acceptors (Lipinski definition) is 3. The van der Waals surface area contributed by atoms with Gasteiger partial charge in [-0.05, 0) is 52.3 Å². The van der Waals surface area contributed by atoms with E-state index in [2.05, 4.69) is 37.2 Å². The van der Waals surface area contributed by atoms with Crippen LogP contribution in [0.3, 0.4) is 0 Å². The van der Waals surface area contributed by atoms with Crippen LogP contribution < -0.4 is 16.0 Å². The first-order valence-electron chi connectivity index (χ1n) is 6.21. The van der Waals surface area contributed by atoms with Gasteiger partial charge < -0.3 is 16.0 Å². The van der Waals surface area contributed by atoms with Crippen molar-refractivity contribution < 1.29 is 4.79 Å². The van der Waals surface area contributed by atoms with Crippen LogP contribution in [0.25, 0.3) is 0 Å². The average molecular weight is 413 g/mol. The van der Waals surface area contributed by atoms with Crippen molar-refractivity contribution in [2.45, 2.75) is 0 Å². The highest BCUT2D eigenvalue weighted by Gasteiger charge is 2.12. The van der Waals surface area contributed by atoms with Crippen LogP contribution in [-0.4, -0.2) is 20.0 Å². The largest absolute Gasteiger partial charge is 0.397 e. The molecule has 3 N–H and O–H groups in total. The van der Waals surface area contributed by atoms with Gasteiger partial charge in [-0.2, -0.15) is 0 Å². The third-order valence-corrected chi connectivity index (χ3v) is 4.05. The number of rotatable bonds is 3. The van der Waals surface area contributed by atoms with Crippen molar-refractivity contribution in [2.75, 3.05) is 30.0 Å². The molecule has 0 heterocycles. The molecule has 0 saturated heterocycles. The summed E-state index contributed by atoms with van der Waals surface area (Å²) in [5.74, 6) is -0.199. The van der Waals surface area contributed by atoms with E-state index in [9.17, 15) is 4.79 Å². The zero-order valence-corrected chi connectivity index (χ0v) is 14.8. The lowest BCUT2D eigenvalue weighted by Gasteiger charge is -2.14. The van der Waals surface area contributed by atoms with Gasteiger partial charge in [-0.15, -0.1) is 0 Å². The summed E-state index contributed by atoms with van der Waals surface area (Å²) in [5.41, 5.74) is 8.61. The zero-order valence-electron chi connectivity index (χ0n) is 11.7. The topological polar surface area (TPSA) is 58.4 Å². The first kappa shape index (κ1) is 15.9. The minimum Gasteiger partial charge on any atom is -0.397 e. The summed E-state index contributed by atoms with van der Waals surface area (Å²) in [6.45, 7) is 0. The van der Waals surface area contributed by atoms with Crippen LogP contribution in [0.5, 0.6) is 0 Å². The van der Waals surface area contributed by atoms with Crippen molar-refractivity contribution in [1.29, 1.82) is 0 Å². The quantitative estimate of drug-likeness (QED) is 0.745. The van der Waals surface area contributed by atoms with Crippen molar-refractivity contribution in [2.24, 2.45) is 0 Å². The molecule has 0 aromatic heterocycles. The Morgan fingerprint density at radius 1 is 1.14 bits per heavy atom. The Labute approximate surface area is 140 Å². The van der Waals surface area contributed by atoms with E-state index in [0.717, 1.165) is 14.6 Å². The number of carbonyl (C=O) groups is 1. The highest BCUT2D eigenvalue weighted by Crippen LogP contribution is 2.32. The average Bonchev–Trinajstić information content (AvgIpc) is 2.42. The first-order chi connectivity index (χ1) is 9.88. The van der Waals surface area contributed by atoms with Crippen molar-refractivity contribution in [1.82, 2.24) is 0 Å². The molecule has 6 heteroatoms. The van der Waals surface area contributed by atoms with E-state index in [1.165, 1.54) is 0 Å². The van der Waals surface area contributed by atoms with Crippen molar-refractivity contribution in [3.8, 4) is 0 Å². The smallest absolute Gasteiger partial charge is 0.255 e. The molecule has 0 atom stereocenters. The lowest BCUT2D eigenvalue weighted by atomic mass is 10.1. The minimum absolute atomic E-state index is 0.199. The van der Waals surface area contributed by atoms with Crippen molar-refractivity contribution >= 4 is 54.8 Å². The summed E-state index contributed by atoms with van der Waals surface area (Å²) in [5, 5.41) is 2.83. The van der Waals surface area contributed by atoms with E-state index in [0.29, 0.717) is 16.9 Å². The molecule has 0 saturated carbocycles. The number of halogens is 2. The summed E-state index contributed by atoms with van der Waals surface area (Å²) in [6.07, 6.45) is 0. The highest BCUT2D eigenvalue weighted by atomic mass is 79.9. The van der Waals surface area contributed by atoms with Gasteiger partial charge in [-0.3, -0.25) is 4.79 Å². The molecule has 2 rings (SSSR count). The van der Waals surface area contributed by atoms with Crippen LogP contribution in [0.1, 0.15) is 10.4 Å². The second kappa shape index (κ2) is 6.49. The standard InChI is InChI=1S/C15H15Br2N3O/c1-20(2)11-5-3-9(4-6-11)15(21)19-14-12(17)7-10(16)8-13(14)18/h3-8H,18H2,1-2H3,(H,19,21). The molecule has 4 nitrogen and oxygen atoms in total. The van der Waals surface area contributed by atoms with Crippen LogP contribution in [0.15, 0.2) is 45.3 Å². The fraction of sp³-hybridized carbons (Fsp3) is 0.133. The second-order valence-electron chi connectivity index (χ2n) is 4.75. The summed E-state index contributed by atoms with van der Waals surface area (Å²) in [6, 6.07) is 10.9. The third-order valence-electron chi connectivity index (χ3n) is 2.97. The minimum atomic E-state index is -0.199. The van der Waals surface area contributed by atoms with Crippen LogP contribution in [-0.2, 0) is 0 Å². The summed E-state index contributed by atoms with van der Waals surface area (Å²) >= 11 is 6.75. The molecule has 0 aliphatic rings. The Balaban J connectivity index is 2.22. The van der Waals surface area contributed by atoms with Gasteiger partial charge >= 0.3 is 0 Å². The molecule has 0 spiro atoms. The molecule has 1 amide bonds. The molecule has 110 valence electrons. The van der Waals surface area contributed by atoms with E-state index < -0.39 is 0 Å². The molecule has 0 fully saturated rings. The Morgan fingerprint density at radius 3 is 2.29 bits per heavy atom. The Kier molecular flexibility index (Phi) is 4.90. The fourth-order valence-electron chi connectivity index (χ4n) is 1.82. The summed E-state index contributed by atoms with van der Waals surface area (Å²) in [4.78, 5) is 14.2. The summed E-state index contributed by atoms with van der Waals surface area (Å²) in [7, 11) is 3.91. The maximum atomic E-state index is 12.3. The predicted octanol–water partition coefficient (Wildman–Crippen LogP) is 4.11. The number of nitrogens with one attached hydrogen (secondary N) is 1.